The molecule has 0 radical (unpaired) electrons. The number of hydrazine groups is 1. The first-order chi connectivity index (χ1) is 18.1. The van der Waals surface area contributed by atoms with E-state index >= 15 is 0 Å². The number of nitrogens with zero attached hydrogens (tertiary/aromatic N) is 2. The Bertz CT molecular complexity index is 1460. The van der Waals surface area contributed by atoms with Gasteiger partial charge in [-0.05, 0) is 25.1 Å². The summed E-state index contributed by atoms with van der Waals surface area (Å²) in [5.41, 5.74) is 1.08. The summed E-state index contributed by atoms with van der Waals surface area (Å²) >= 11 is 51.5. The third-order valence-electron chi connectivity index (χ3n) is 7.19. The maximum Gasteiger partial charge on any atom is 0.273 e. The fourth-order valence-corrected chi connectivity index (χ4v) is 8.42. The van der Waals surface area contributed by atoms with Crippen molar-refractivity contribution in [2.75, 3.05) is 6.54 Å². The molecule has 3 amide bonds. The van der Waals surface area contributed by atoms with Crippen molar-refractivity contribution < 1.29 is 19.2 Å². The summed E-state index contributed by atoms with van der Waals surface area (Å²) < 4.78 is -2.15. The van der Waals surface area contributed by atoms with Crippen molar-refractivity contribution in [1.82, 2.24) is 10.0 Å². The number of carbonyl (C=O) groups is 4. The van der Waals surface area contributed by atoms with Gasteiger partial charge in [-0.2, -0.15) is 5.01 Å². The lowest BCUT2D eigenvalue weighted by molar-refractivity contribution is -0.154. The summed E-state index contributed by atoms with van der Waals surface area (Å²) in [7, 11) is 0. The zero-order valence-corrected chi connectivity index (χ0v) is 25.5. The molecule has 6 nitrogen and oxygen atoms in total. The highest BCUT2D eigenvalue weighted by Crippen LogP contribution is 2.77. The topological polar surface area (TPSA) is 74.8 Å². The molecule has 14 heteroatoms. The molecule has 39 heavy (non-hydrogen) atoms. The number of rotatable bonds is 5. The van der Waals surface area contributed by atoms with E-state index in [-0.39, 0.29) is 31.2 Å². The number of Topliss-reactive ketones (excluding diaryl/α,β-unsaturated/α-hetero) is 1. The normalized spacial score (nSPS) is 28.8. The molecule has 204 valence electrons. The molecule has 2 aliphatic carbocycles. The van der Waals surface area contributed by atoms with Crippen LogP contribution >= 0.6 is 92.8 Å². The van der Waals surface area contributed by atoms with E-state index in [0.29, 0.717) is 10.0 Å². The van der Waals surface area contributed by atoms with E-state index in [1.54, 1.807) is 24.3 Å². The Balaban J connectivity index is 1.60. The van der Waals surface area contributed by atoms with Gasteiger partial charge in [0, 0.05) is 11.1 Å². The van der Waals surface area contributed by atoms with Crippen LogP contribution in [-0.2, 0) is 9.59 Å². The Labute approximate surface area is 262 Å². The lowest BCUT2D eigenvalue weighted by Gasteiger charge is -2.36. The Morgan fingerprint density at radius 2 is 1.28 bits per heavy atom. The molecule has 0 spiro atoms. The number of hydrogen-bond donors (Lipinski definition) is 0. The van der Waals surface area contributed by atoms with Gasteiger partial charge in [-0.3, -0.25) is 19.2 Å². The molecule has 3 aliphatic rings. The molecule has 1 saturated heterocycles. The Morgan fingerprint density at radius 3 is 1.77 bits per heavy atom. The predicted molar refractivity (Wildman–Crippen MR) is 152 cm³/mol. The number of aryl methyl sites for hydroxylation is 1. The average molecular weight is 690 g/mol. The molecule has 1 heterocycles. The van der Waals surface area contributed by atoms with Crippen LogP contribution in [0.25, 0.3) is 0 Å². The lowest BCUT2D eigenvalue weighted by atomic mass is 9.84. The number of benzene rings is 2. The van der Waals surface area contributed by atoms with Gasteiger partial charge >= 0.3 is 0 Å². The van der Waals surface area contributed by atoms with Gasteiger partial charge in [0.05, 0.1) is 31.9 Å². The monoisotopic (exact) mass is 686 g/mol. The molecule has 2 aromatic rings. The van der Waals surface area contributed by atoms with Gasteiger partial charge in [0.15, 0.2) is 10.1 Å². The SMILES string of the molecule is Cc1ccc(C(=O)CN(C(=O)c2ccc(Cl)c(Cl)c2)N2C(=O)[C@@H]3[C@@H](C2=O)[C@@]2(Cl)C(Cl)=C(Cl)[C@@]3(Cl)C2(Cl)Cl)cc1. The first-order valence-corrected chi connectivity index (χ1v) is 14.2. The van der Waals surface area contributed by atoms with Crippen LogP contribution in [0, 0.1) is 18.8 Å². The first kappa shape index (κ1) is 29.3. The minimum absolute atomic E-state index is 0.0394. The second kappa shape index (κ2) is 9.67. The van der Waals surface area contributed by atoms with E-state index in [1.165, 1.54) is 18.2 Å². The smallest absolute Gasteiger partial charge is 0.273 e. The summed E-state index contributed by atoms with van der Waals surface area (Å²) in [6.07, 6.45) is 0. The summed E-state index contributed by atoms with van der Waals surface area (Å²) in [6, 6.07) is 10.5. The van der Waals surface area contributed by atoms with Crippen LogP contribution in [0.5, 0.6) is 0 Å². The second-order valence-electron chi connectivity index (χ2n) is 9.35. The van der Waals surface area contributed by atoms with E-state index in [2.05, 4.69) is 0 Å². The molecule has 2 aromatic carbocycles. The van der Waals surface area contributed by atoms with E-state index in [0.717, 1.165) is 5.56 Å². The maximum atomic E-state index is 13.9. The van der Waals surface area contributed by atoms with E-state index in [1.807, 2.05) is 6.92 Å². The number of carbonyl (C=O) groups excluding carboxylic acids is 4. The van der Waals surface area contributed by atoms with Crippen LogP contribution in [-0.4, -0.2) is 54.1 Å². The number of allylic oxidation sites excluding steroid dienone is 2. The number of alkyl halides is 4. The molecule has 4 atom stereocenters. The molecular weight excluding hydrogens is 676 g/mol. The van der Waals surface area contributed by atoms with E-state index in [4.69, 9.17) is 92.8 Å². The third kappa shape index (κ3) is 3.83. The highest BCUT2D eigenvalue weighted by Gasteiger charge is 2.88. The largest absolute Gasteiger partial charge is 0.292 e. The Hall–Kier alpha value is -1.22. The van der Waals surface area contributed by atoms with Gasteiger partial charge in [-0.1, -0.05) is 99.4 Å². The molecule has 0 unspecified atom stereocenters. The van der Waals surface area contributed by atoms with E-state index < -0.39 is 56.0 Å². The molecule has 1 aliphatic heterocycles. The molecule has 5 rings (SSSR count). The standard InChI is InChI=1S/C25H14Cl8N2O4/c1-10-2-4-11(5-3-10)15(36)9-34(20(37)12-6-7-13(26)14(27)8-12)35-21(38)16-17(22(35)39)24(31)19(29)18(28)23(16,30)25(24,32)33/h2-8,16-17H,9H2,1H3/t16-,17-,23+,24+/m0/s1. The quantitative estimate of drug-likeness (QED) is 0.193. The number of imide groups is 1. The third-order valence-corrected chi connectivity index (χ3v) is 12.2. The zero-order chi connectivity index (χ0) is 28.8. The van der Waals surface area contributed by atoms with Gasteiger partial charge in [0.2, 0.25) is 0 Å². The van der Waals surface area contributed by atoms with Gasteiger partial charge in [-0.25, -0.2) is 5.01 Å². The number of amides is 3. The lowest BCUT2D eigenvalue weighted by Crippen LogP contribution is -2.56. The van der Waals surface area contributed by atoms with Crippen LogP contribution in [0.2, 0.25) is 10.0 Å². The summed E-state index contributed by atoms with van der Waals surface area (Å²) in [5.74, 6) is -6.42. The van der Waals surface area contributed by atoms with Crippen molar-refractivity contribution >= 4 is 116 Å². The number of ketones is 1. The van der Waals surface area contributed by atoms with Crippen LogP contribution in [0.4, 0.5) is 0 Å². The molecule has 0 N–H and O–H groups in total. The maximum absolute atomic E-state index is 13.9. The van der Waals surface area contributed by atoms with Gasteiger partial charge in [-0.15, -0.1) is 23.2 Å². The average Bonchev–Trinajstić information content (AvgIpc) is 3.27. The fraction of sp³-hybridized carbons (Fsp3) is 0.280. The van der Waals surface area contributed by atoms with Gasteiger partial charge in [0.1, 0.15) is 16.3 Å². The minimum atomic E-state index is -2.15. The summed E-state index contributed by atoms with van der Waals surface area (Å²) in [6.45, 7) is 1.14. The Morgan fingerprint density at radius 1 is 0.795 bits per heavy atom. The van der Waals surface area contributed by atoms with Crippen molar-refractivity contribution in [3.05, 3.63) is 79.3 Å². The van der Waals surface area contributed by atoms with Crippen LogP contribution < -0.4 is 0 Å². The summed E-state index contributed by atoms with van der Waals surface area (Å²) in [5, 5.41) is 0.873. The van der Waals surface area contributed by atoms with Gasteiger partial charge < -0.3 is 0 Å². The molecule has 1 saturated carbocycles. The van der Waals surface area contributed by atoms with Crippen molar-refractivity contribution in [3.63, 3.8) is 0 Å². The molecule has 2 bridgehead atoms. The van der Waals surface area contributed by atoms with Crippen molar-refractivity contribution in [3.8, 4) is 0 Å². The van der Waals surface area contributed by atoms with Crippen LogP contribution in [0.1, 0.15) is 26.3 Å². The number of hydrogen-bond acceptors (Lipinski definition) is 4. The highest BCUT2D eigenvalue weighted by molar-refractivity contribution is 6.66. The second-order valence-corrected chi connectivity index (χ2v) is 13.4. The molecule has 0 aromatic heterocycles. The highest BCUT2D eigenvalue weighted by atomic mass is 35.5. The predicted octanol–water partition coefficient (Wildman–Crippen LogP) is 6.99. The Kier molecular flexibility index (Phi) is 7.26. The number of halogens is 8. The molecule has 2 fully saturated rings. The fourth-order valence-electron chi connectivity index (χ4n) is 5.20. The molecular formula is C25H14Cl8N2O4. The van der Waals surface area contributed by atoms with Crippen LogP contribution in [0.3, 0.4) is 0 Å². The number of fused-ring (bicyclic) bond motifs is 5. The van der Waals surface area contributed by atoms with E-state index in [9.17, 15) is 19.2 Å². The first-order valence-electron chi connectivity index (χ1n) is 11.2. The van der Waals surface area contributed by atoms with Crippen molar-refractivity contribution in [1.29, 1.82) is 0 Å². The zero-order valence-electron chi connectivity index (χ0n) is 19.5. The van der Waals surface area contributed by atoms with Crippen molar-refractivity contribution in [2.24, 2.45) is 11.8 Å². The summed E-state index contributed by atoms with van der Waals surface area (Å²) in [4.78, 5) is 50.7. The van der Waals surface area contributed by atoms with Gasteiger partial charge in [0.25, 0.3) is 17.7 Å². The van der Waals surface area contributed by atoms with Crippen LogP contribution in [0.15, 0.2) is 52.5 Å². The minimum Gasteiger partial charge on any atom is -0.292 e. The van der Waals surface area contributed by atoms with Crippen molar-refractivity contribution in [2.45, 2.75) is 21.0 Å².